The monoisotopic (exact) mass is 410 g/mol. The fourth-order valence-corrected chi connectivity index (χ4v) is 2.49. The third-order valence-corrected chi connectivity index (χ3v) is 3.97. The molecule has 0 aliphatic carbocycles. The molecule has 0 spiro atoms. The molecule has 0 radical (unpaired) electrons. The molecule has 0 saturated carbocycles. The maximum Gasteiger partial charge on any atom is 0.259 e. The molecule has 30 heavy (non-hydrogen) atoms. The predicted octanol–water partition coefficient (Wildman–Crippen LogP) is 3.26. The van der Waals surface area contributed by atoms with Gasteiger partial charge in [0.25, 0.3) is 5.91 Å². The van der Waals surface area contributed by atoms with Crippen molar-refractivity contribution in [2.45, 2.75) is 13.8 Å². The number of hydrogen-bond donors (Lipinski definition) is 1. The quantitative estimate of drug-likeness (QED) is 0.327. The van der Waals surface area contributed by atoms with Gasteiger partial charge in [0.05, 0.1) is 19.8 Å². The van der Waals surface area contributed by atoms with E-state index in [1.54, 1.807) is 24.3 Å². The van der Waals surface area contributed by atoms with Gasteiger partial charge in [-0.1, -0.05) is 23.8 Å². The molecule has 0 fully saturated rings. The van der Waals surface area contributed by atoms with Crippen molar-refractivity contribution < 1.29 is 23.7 Å². The van der Waals surface area contributed by atoms with Crippen LogP contribution in [0.15, 0.2) is 48.0 Å². The van der Waals surface area contributed by atoms with E-state index >= 15 is 0 Å². The summed E-state index contributed by atoms with van der Waals surface area (Å²) in [6.45, 7) is 5.96. The molecule has 7 nitrogen and oxygen atoms in total. The van der Waals surface area contributed by atoms with Crippen LogP contribution >= 0.6 is 0 Å². The van der Waals surface area contributed by atoms with Gasteiger partial charge in [0, 0.05) is 0 Å². The Bertz CT molecular complexity index is 901. The maximum atomic E-state index is 11.2. The van der Waals surface area contributed by atoms with Crippen molar-refractivity contribution >= 4 is 12.0 Å². The largest absolute Gasteiger partial charge is 0.491 e. The standard InChI is InChI=1S/C23H26N2O5/c1-3-28-22-15-18(14-19(16-24)23(25)26)6-9-21(22)30-13-11-27-10-12-29-20-7-4-17(2)5-8-20/h4-9,14-15H,3,10-13H2,1-2H3,(H2,25,26)/b19-14-. The van der Waals surface area contributed by atoms with Crippen LogP contribution in [0.1, 0.15) is 18.1 Å². The zero-order chi connectivity index (χ0) is 21.8. The van der Waals surface area contributed by atoms with Crippen molar-refractivity contribution in [3.63, 3.8) is 0 Å². The van der Waals surface area contributed by atoms with Crippen LogP contribution < -0.4 is 19.9 Å². The smallest absolute Gasteiger partial charge is 0.259 e. The first kappa shape index (κ1) is 22.8. The number of nitriles is 1. The molecule has 0 aromatic heterocycles. The lowest BCUT2D eigenvalue weighted by molar-refractivity contribution is -0.114. The number of carbonyl (C=O) groups excluding carboxylic acids is 1. The molecule has 0 aliphatic heterocycles. The molecular formula is C23H26N2O5. The highest BCUT2D eigenvalue weighted by atomic mass is 16.6. The average Bonchev–Trinajstić information content (AvgIpc) is 2.73. The van der Waals surface area contributed by atoms with Gasteiger partial charge in [-0.3, -0.25) is 4.79 Å². The molecule has 0 heterocycles. The maximum absolute atomic E-state index is 11.2. The molecule has 2 aromatic carbocycles. The molecule has 0 saturated heterocycles. The zero-order valence-electron chi connectivity index (χ0n) is 17.2. The molecule has 0 bridgehead atoms. The van der Waals surface area contributed by atoms with Crippen LogP contribution in [0.5, 0.6) is 17.2 Å². The first-order valence-corrected chi connectivity index (χ1v) is 9.62. The Morgan fingerprint density at radius 3 is 2.33 bits per heavy atom. The first-order valence-electron chi connectivity index (χ1n) is 9.62. The van der Waals surface area contributed by atoms with E-state index in [1.807, 2.05) is 38.1 Å². The number of hydrogen-bond acceptors (Lipinski definition) is 6. The minimum atomic E-state index is -0.778. The molecule has 0 unspecified atom stereocenters. The van der Waals surface area contributed by atoms with Gasteiger partial charge < -0.3 is 24.7 Å². The predicted molar refractivity (Wildman–Crippen MR) is 113 cm³/mol. The van der Waals surface area contributed by atoms with Crippen molar-refractivity contribution in [1.29, 1.82) is 5.26 Å². The van der Waals surface area contributed by atoms with Crippen LogP contribution in [0.25, 0.3) is 6.08 Å². The van der Waals surface area contributed by atoms with E-state index in [1.165, 1.54) is 11.6 Å². The Morgan fingerprint density at radius 2 is 1.70 bits per heavy atom. The fraction of sp³-hybridized carbons (Fsp3) is 0.304. The molecule has 158 valence electrons. The lowest BCUT2D eigenvalue weighted by Gasteiger charge is -2.13. The minimum absolute atomic E-state index is 0.132. The fourth-order valence-electron chi connectivity index (χ4n) is 2.49. The second kappa shape index (κ2) is 12.1. The number of nitrogens with zero attached hydrogens (tertiary/aromatic N) is 1. The number of nitrogens with two attached hydrogens (primary N) is 1. The Labute approximate surface area is 176 Å². The van der Waals surface area contributed by atoms with Gasteiger partial charge in [0.2, 0.25) is 0 Å². The number of rotatable bonds is 12. The second-order valence-electron chi connectivity index (χ2n) is 6.30. The molecule has 0 atom stereocenters. The van der Waals surface area contributed by atoms with Gasteiger partial charge in [-0.05, 0) is 49.8 Å². The third-order valence-electron chi connectivity index (χ3n) is 3.97. The molecule has 0 aliphatic rings. The summed E-state index contributed by atoms with van der Waals surface area (Å²) in [5, 5.41) is 8.97. The van der Waals surface area contributed by atoms with Crippen LogP contribution in [0, 0.1) is 18.3 Å². The van der Waals surface area contributed by atoms with Crippen molar-refractivity contribution in [1.82, 2.24) is 0 Å². The van der Waals surface area contributed by atoms with Gasteiger partial charge >= 0.3 is 0 Å². The van der Waals surface area contributed by atoms with Crippen LogP contribution in [0.4, 0.5) is 0 Å². The van der Waals surface area contributed by atoms with Gasteiger partial charge in [0.15, 0.2) is 11.5 Å². The molecule has 2 N–H and O–H groups in total. The molecule has 2 aromatic rings. The SMILES string of the molecule is CCOc1cc(/C=C(/C#N)C(N)=O)ccc1OCCOCCOc1ccc(C)cc1. The number of primary amides is 1. The Hall–Kier alpha value is -3.50. The number of carbonyl (C=O) groups is 1. The van der Waals surface area contributed by atoms with E-state index in [0.29, 0.717) is 50.1 Å². The highest BCUT2D eigenvalue weighted by Crippen LogP contribution is 2.29. The van der Waals surface area contributed by atoms with Gasteiger partial charge in [-0.15, -0.1) is 0 Å². The summed E-state index contributed by atoms with van der Waals surface area (Å²) in [6.07, 6.45) is 1.41. The third kappa shape index (κ3) is 7.49. The summed E-state index contributed by atoms with van der Waals surface area (Å²) in [5.74, 6) is 1.09. The second-order valence-corrected chi connectivity index (χ2v) is 6.30. The number of benzene rings is 2. The lowest BCUT2D eigenvalue weighted by Crippen LogP contribution is -2.13. The van der Waals surface area contributed by atoms with Gasteiger partial charge in [-0.25, -0.2) is 0 Å². The van der Waals surface area contributed by atoms with E-state index in [-0.39, 0.29) is 5.57 Å². The minimum Gasteiger partial charge on any atom is -0.491 e. The first-order chi connectivity index (χ1) is 14.5. The number of amides is 1. The zero-order valence-corrected chi connectivity index (χ0v) is 17.2. The van der Waals surface area contributed by atoms with Gasteiger partial charge in [-0.2, -0.15) is 5.26 Å². The lowest BCUT2D eigenvalue weighted by atomic mass is 10.1. The highest BCUT2D eigenvalue weighted by Gasteiger charge is 2.08. The molecule has 1 amide bonds. The average molecular weight is 410 g/mol. The number of ether oxygens (including phenoxy) is 4. The Morgan fingerprint density at radius 1 is 1.00 bits per heavy atom. The molecule has 7 heteroatoms. The summed E-state index contributed by atoms with van der Waals surface area (Å²) in [6, 6.07) is 14.7. The van der Waals surface area contributed by atoms with E-state index in [9.17, 15) is 4.79 Å². The highest BCUT2D eigenvalue weighted by molar-refractivity contribution is 6.00. The van der Waals surface area contributed by atoms with Crippen molar-refractivity contribution in [3.8, 4) is 23.3 Å². The van der Waals surface area contributed by atoms with Crippen molar-refractivity contribution in [2.75, 3.05) is 33.0 Å². The van der Waals surface area contributed by atoms with E-state index < -0.39 is 5.91 Å². The topological polar surface area (TPSA) is 104 Å². The van der Waals surface area contributed by atoms with E-state index in [4.69, 9.17) is 29.9 Å². The van der Waals surface area contributed by atoms with Crippen LogP contribution in [-0.4, -0.2) is 38.9 Å². The van der Waals surface area contributed by atoms with E-state index in [0.717, 1.165) is 5.75 Å². The summed E-state index contributed by atoms with van der Waals surface area (Å²) < 4.78 is 22.5. The summed E-state index contributed by atoms with van der Waals surface area (Å²) in [4.78, 5) is 11.2. The van der Waals surface area contributed by atoms with Crippen molar-refractivity contribution in [3.05, 3.63) is 59.2 Å². The Balaban J connectivity index is 1.80. The molecular weight excluding hydrogens is 384 g/mol. The van der Waals surface area contributed by atoms with Crippen LogP contribution in [-0.2, 0) is 9.53 Å². The van der Waals surface area contributed by atoms with Crippen LogP contribution in [0.3, 0.4) is 0 Å². The van der Waals surface area contributed by atoms with E-state index in [2.05, 4.69) is 0 Å². The summed E-state index contributed by atoms with van der Waals surface area (Å²) in [7, 11) is 0. The van der Waals surface area contributed by atoms with Gasteiger partial charge in [0.1, 0.15) is 30.6 Å². The van der Waals surface area contributed by atoms with Crippen molar-refractivity contribution in [2.24, 2.45) is 5.73 Å². The molecule has 2 rings (SSSR count). The van der Waals surface area contributed by atoms with Crippen LogP contribution in [0.2, 0.25) is 0 Å². The number of aryl methyl sites for hydroxylation is 1. The normalized spacial score (nSPS) is 10.9. The summed E-state index contributed by atoms with van der Waals surface area (Å²) >= 11 is 0. The Kier molecular flexibility index (Phi) is 9.22. The summed E-state index contributed by atoms with van der Waals surface area (Å²) in [5.41, 5.74) is 6.84.